The lowest BCUT2D eigenvalue weighted by Crippen LogP contribution is -2.75. The van der Waals surface area contributed by atoms with Gasteiger partial charge in [0.05, 0.1) is 11.6 Å². The summed E-state index contributed by atoms with van der Waals surface area (Å²) in [6, 6.07) is 11.4. The third kappa shape index (κ3) is 5.20. The fourth-order valence-corrected chi connectivity index (χ4v) is 4.94. The van der Waals surface area contributed by atoms with Crippen LogP contribution in [0.3, 0.4) is 0 Å². The molecule has 0 heterocycles. The summed E-state index contributed by atoms with van der Waals surface area (Å²) >= 11 is 11.5. The van der Waals surface area contributed by atoms with E-state index in [2.05, 4.69) is 5.32 Å². The van der Waals surface area contributed by atoms with Crippen molar-refractivity contribution in [3.05, 3.63) is 63.9 Å². The molecule has 0 saturated heterocycles. The van der Waals surface area contributed by atoms with E-state index in [0.717, 1.165) is 30.9 Å². The van der Waals surface area contributed by atoms with Crippen LogP contribution in [0.15, 0.2) is 42.5 Å². The van der Waals surface area contributed by atoms with Gasteiger partial charge in [0.15, 0.2) is 5.78 Å². The van der Waals surface area contributed by atoms with Crippen LogP contribution in [-0.2, 0) is 20.9 Å². The lowest BCUT2D eigenvalue weighted by molar-refractivity contribution is -0.174. The Balaban J connectivity index is 1.14. The molecule has 1 amide bonds. The zero-order valence-electron chi connectivity index (χ0n) is 16.8. The largest absolute Gasteiger partial charge is 0.486 e. The number of rotatable bonds is 10. The van der Waals surface area contributed by atoms with Gasteiger partial charge in [-0.05, 0) is 54.5 Å². The number of Topliss-reactive ketones (excluding diaryl/α,β-unsaturated/α-hetero) is 1. The number of carbonyl (C=O) groups excluding carboxylic acids is 2. The van der Waals surface area contributed by atoms with Gasteiger partial charge in [-0.2, -0.15) is 0 Å². The van der Waals surface area contributed by atoms with Crippen molar-refractivity contribution in [2.45, 2.75) is 37.8 Å². The summed E-state index contributed by atoms with van der Waals surface area (Å²) in [4.78, 5) is 24.4. The van der Waals surface area contributed by atoms with Crippen LogP contribution in [0.4, 0.5) is 4.39 Å². The van der Waals surface area contributed by atoms with Crippen LogP contribution in [0, 0.1) is 11.2 Å². The lowest BCUT2D eigenvalue weighted by Gasteiger charge is -2.70. The van der Waals surface area contributed by atoms with Gasteiger partial charge in [-0.25, -0.2) is 4.39 Å². The van der Waals surface area contributed by atoms with Crippen LogP contribution in [0.5, 0.6) is 5.75 Å². The van der Waals surface area contributed by atoms with Gasteiger partial charge in [0.2, 0.25) is 5.91 Å². The lowest BCUT2D eigenvalue weighted by atomic mass is 9.38. The first-order chi connectivity index (χ1) is 14.8. The Bertz CT molecular complexity index is 976. The predicted molar refractivity (Wildman–Crippen MR) is 115 cm³/mol. The summed E-state index contributed by atoms with van der Waals surface area (Å²) in [5, 5.41) is 3.70. The van der Waals surface area contributed by atoms with Crippen LogP contribution < -0.4 is 10.1 Å². The van der Waals surface area contributed by atoms with E-state index in [4.69, 9.17) is 32.7 Å². The van der Waals surface area contributed by atoms with E-state index in [0.29, 0.717) is 18.1 Å². The molecule has 1 N–H and O–H groups in total. The maximum Gasteiger partial charge on any atom is 0.246 e. The Kier molecular flexibility index (Phi) is 6.24. The number of benzene rings is 2. The second kappa shape index (κ2) is 8.77. The first-order valence-electron chi connectivity index (χ1n) is 9.99. The maximum absolute atomic E-state index is 13.4. The molecule has 8 heteroatoms. The first-order valence-corrected chi connectivity index (χ1v) is 10.7. The highest BCUT2D eigenvalue weighted by Crippen LogP contribution is 2.68. The third-order valence-corrected chi connectivity index (χ3v) is 6.38. The van der Waals surface area contributed by atoms with E-state index in [1.165, 1.54) is 12.1 Å². The molecule has 2 aromatic carbocycles. The molecule has 0 aliphatic heterocycles. The molecule has 5 nitrogen and oxygen atoms in total. The molecule has 2 aromatic rings. The molecule has 0 aromatic heterocycles. The van der Waals surface area contributed by atoms with Gasteiger partial charge in [0, 0.05) is 23.0 Å². The Hall–Kier alpha value is -2.15. The molecule has 2 bridgehead atoms. The summed E-state index contributed by atoms with van der Waals surface area (Å²) < 4.78 is 24.3. The van der Waals surface area contributed by atoms with Crippen LogP contribution >= 0.6 is 23.2 Å². The molecule has 3 aliphatic rings. The number of carbonyl (C=O) groups is 2. The fraction of sp³-hybridized carbons (Fsp3) is 0.391. The predicted octanol–water partition coefficient (Wildman–Crippen LogP) is 4.73. The summed E-state index contributed by atoms with van der Waals surface area (Å²) in [7, 11) is 0. The van der Waals surface area contributed by atoms with Crippen molar-refractivity contribution >= 4 is 34.9 Å². The van der Waals surface area contributed by atoms with Gasteiger partial charge < -0.3 is 14.8 Å². The number of hydrogen-bond acceptors (Lipinski definition) is 4. The minimum atomic E-state index is -0.583. The normalized spacial score (nSPS) is 23.5. The molecule has 3 aliphatic carbocycles. The molecule has 0 radical (unpaired) electrons. The maximum atomic E-state index is 13.4. The minimum Gasteiger partial charge on any atom is -0.486 e. The summed E-state index contributed by atoms with van der Waals surface area (Å²) in [6.07, 6.45) is 2.74. The topological polar surface area (TPSA) is 64.6 Å². The molecule has 5 rings (SSSR count). The summed E-state index contributed by atoms with van der Waals surface area (Å²) in [5.74, 6) is -0.501. The zero-order chi connectivity index (χ0) is 22.1. The van der Waals surface area contributed by atoms with Crippen molar-refractivity contribution < 1.29 is 23.5 Å². The number of nitrogens with one attached hydrogen (secondary N) is 1. The Morgan fingerprint density at radius 2 is 1.74 bits per heavy atom. The molecule has 3 saturated carbocycles. The van der Waals surface area contributed by atoms with Crippen molar-refractivity contribution in [3.8, 4) is 5.75 Å². The van der Waals surface area contributed by atoms with E-state index < -0.39 is 5.82 Å². The van der Waals surface area contributed by atoms with Gasteiger partial charge in [0.1, 0.15) is 24.8 Å². The molecule has 31 heavy (non-hydrogen) atoms. The highest BCUT2D eigenvalue weighted by Gasteiger charge is 2.68. The Morgan fingerprint density at radius 3 is 2.42 bits per heavy atom. The molecule has 0 spiro atoms. The zero-order valence-corrected chi connectivity index (χ0v) is 18.3. The molecular formula is C23H22Cl2FNO4. The van der Waals surface area contributed by atoms with Gasteiger partial charge in [-0.3, -0.25) is 9.59 Å². The minimum absolute atomic E-state index is 0.00951. The van der Waals surface area contributed by atoms with Gasteiger partial charge in [-0.15, -0.1) is 0 Å². The summed E-state index contributed by atoms with van der Waals surface area (Å²) in [6.45, 7) is 0.218. The molecule has 0 unspecified atom stereocenters. The van der Waals surface area contributed by atoms with E-state index >= 15 is 0 Å². The molecular weight excluding hydrogens is 444 g/mol. The highest BCUT2D eigenvalue weighted by molar-refractivity contribution is 6.30. The number of hydrogen-bond donors (Lipinski definition) is 1. The Morgan fingerprint density at radius 1 is 1.03 bits per heavy atom. The SMILES string of the molecule is O=C(COc1ccc(Cl)c(F)c1)CC12CC(NC(=O)COCc3ccc(Cl)cc3)(C1)C2. The fourth-order valence-electron chi connectivity index (χ4n) is 4.69. The van der Waals surface area contributed by atoms with Crippen molar-refractivity contribution in [1.29, 1.82) is 0 Å². The number of ketones is 1. The Labute approximate surface area is 189 Å². The molecule has 164 valence electrons. The average molecular weight is 466 g/mol. The second-order valence-electron chi connectivity index (χ2n) is 8.56. The van der Waals surface area contributed by atoms with Crippen molar-refractivity contribution in [3.63, 3.8) is 0 Å². The second-order valence-corrected chi connectivity index (χ2v) is 9.40. The number of ether oxygens (including phenoxy) is 2. The number of halogens is 3. The van der Waals surface area contributed by atoms with Gasteiger partial charge >= 0.3 is 0 Å². The van der Waals surface area contributed by atoms with Crippen molar-refractivity contribution in [2.75, 3.05) is 13.2 Å². The van der Waals surface area contributed by atoms with E-state index in [9.17, 15) is 14.0 Å². The van der Waals surface area contributed by atoms with Crippen molar-refractivity contribution in [2.24, 2.45) is 5.41 Å². The van der Waals surface area contributed by atoms with Gasteiger partial charge in [0.25, 0.3) is 0 Å². The third-order valence-electron chi connectivity index (χ3n) is 5.82. The molecule has 0 atom stereocenters. The van der Waals surface area contributed by atoms with E-state index in [1.807, 2.05) is 12.1 Å². The first kappa shape index (κ1) is 22.1. The summed E-state index contributed by atoms with van der Waals surface area (Å²) in [5.41, 5.74) is 0.688. The van der Waals surface area contributed by atoms with E-state index in [-0.39, 0.29) is 46.6 Å². The number of amides is 1. The van der Waals surface area contributed by atoms with Crippen LogP contribution in [-0.4, -0.2) is 30.4 Å². The smallest absolute Gasteiger partial charge is 0.246 e. The van der Waals surface area contributed by atoms with Crippen LogP contribution in [0.1, 0.15) is 31.2 Å². The van der Waals surface area contributed by atoms with Crippen LogP contribution in [0.2, 0.25) is 10.0 Å². The highest BCUT2D eigenvalue weighted by atomic mass is 35.5. The molecule has 3 fully saturated rings. The van der Waals surface area contributed by atoms with E-state index in [1.54, 1.807) is 12.1 Å². The van der Waals surface area contributed by atoms with Crippen LogP contribution in [0.25, 0.3) is 0 Å². The quantitative estimate of drug-likeness (QED) is 0.550. The van der Waals surface area contributed by atoms with Crippen molar-refractivity contribution in [1.82, 2.24) is 5.32 Å². The monoisotopic (exact) mass is 465 g/mol. The standard InChI is InChI=1S/C23H22Cl2FNO4/c24-16-3-1-15(2-4-16)9-30-11-21(29)27-23-12-22(13-23,14-23)8-17(28)10-31-18-5-6-19(25)20(26)7-18/h1-7H,8-14H2,(H,27,29). The van der Waals surface area contributed by atoms with Gasteiger partial charge in [-0.1, -0.05) is 35.3 Å². The average Bonchev–Trinajstić information content (AvgIpc) is 2.68.